The second-order valence-electron chi connectivity index (χ2n) is 3.88. The Bertz CT molecular complexity index is 366. The first-order chi connectivity index (χ1) is 8.00. The molecule has 1 heterocycles. The Morgan fingerprint density at radius 1 is 1.41 bits per heavy atom. The summed E-state index contributed by atoms with van der Waals surface area (Å²) in [4.78, 5) is 10.8. The van der Waals surface area contributed by atoms with E-state index in [2.05, 4.69) is 0 Å². The molecule has 0 bridgehead atoms. The monoisotopic (exact) mass is 241 g/mol. The molecule has 0 atom stereocenters. The van der Waals surface area contributed by atoms with Crippen LogP contribution >= 0.6 is 0 Å². The highest BCUT2D eigenvalue weighted by molar-refractivity contribution is 5.87. The van der Waals surface area contributed by atoms with Crippen molar-refractivity contribution in [3.05, 3.63) is 24.0 Å². The number of carboxylic acids is 1. The number of hydrogen-bond donors (Lipinski definition) is 1. The normalized spacial score (nSPS) is 11.7. The number of carboxylic acid groups (broad SMARTS) is 1. The van der Waals surface area contributed by atoms with Gasteiger partial charge in [-0.3, -0.25) is 0 Å². The fraction of sp³-hybridized carbons (Fsp3) is 0.583. The van der Waals surface area contributed by atoms with E-state index in [-0.39, 0.29) is 5.56 Å². The molecule has 96 valence electrons. The van der Waals surface area contributed by atoms with Gasteiger partial charge in [0.15, 0.2) is 5.79 Å². The molecule has 17 heavy (non-hydrogen) atoms. The third-order valence-corrected chi connectivity index (χ3v) is 2.37. The maximum atomic E-state index is 10.8. The molecule has 5 heteroatoms. The fourth-order valence-corrected chi connectivity index (χ4v) is 1.74. The summed E-state index contributed by atoms with van der Waals surface area (Å²) in [6.07, 6.45) is 3.28. The minimum absolute atomic E-state index is 0.264. The lowest BCUT2D eigenvalue weighted by molar-refractivity contribution is -0.228. The molecule has 0 fully saturated rings. The molecular weight excluding hydrogens is 222 g/mol. The van der Waals surface area contributed by atoms with Gasteiger partial charge in [0, 0.05) is 25.6 Å². The van der Waals surface area contributed by atoms with Crippen molar-refractivity contribution in [1.29, 1.82) is 0 Å². The van der Waals surface area contributed by atoms with Crippen molar-refractivity contribution in [3.63, 3.8) is 0 Å². The molecule has 0 aromatic carbocycles. The maximum Gasteiger partial charge on any atom is 0.337 e. The summed E-state index contributed by atoms with van der Waals surface area (Å²) in [5, 5.41) is 8.83. The molecule has 1 rings (SSSR count). The highest BCUT2D eigenvalue weighted by atomic mass is 16.7. The van der Waals surface area contributed by atoms with Crippen molar-refractivity contribution in [1.82, 2.24) is 4.57 Å². The minimum atomic E-state index is -0.932. The number of hydrogen-bond acceptors (Lipinski definition) is 3. The molecular formula is C12H19NO4. The first kappa shape index (κ1) is 13.7. The number of aromatic nitrogens is 1. The lowest BCUT2D eigenvalue weighted by Gasteiger charge is -2.29. The van der Waals surface area contributed by atoms with Crippen LogP contribution in [0.15, 0.2) is 18.5 Å². The van der Waals surface area contributed by atoms with Gasteiger partial charge in [-0.05, 0) is 26.8 Å². The van der Waals surface area contributed by atoms with Gasteiger partial charge in [0.2, 0.25) is 0 Å². The summed E-state index contributed by atoms with van der Waals surface area (Å²) in [6, 6.07) is 1.56. The predicted molar refractivity (Wildman–Crippen MR) is 63.0 cm³/mol. The van der Waals surface area contributed by atoms with Crippen molar-refractivity contribution in [2.24, 2.45) is 0 Å². The van der Waals surface area contributed by atoms with E-state index in [4.69, 9.17) is 14.6 Å². The highest BCUT2D eigenvalue weighted by Crippen LogP contribution is 2.16. The van der Waals surface area contributed by atoms with Gasteiger partial charge in [-0.15, -0.1) is 0 Å². The van der Waals surface area contributed by atoms with Gasteiger partial charge in [0.25, 0.3) is 0 Å². The summed E-state index contributed by atoms with van der Waals surface area (Å²) < 4.78 is 12.9. The minimum Gasteiger partial charge on any atom is -0.478 e. The van der Waals surface area contributed by atoms with Crippen LogP contribution < -0.4 is 0 Å². The Labute approximate surface area is 101 Å². The smallest absolute Gasteiger partial charge is 0.337 e. The van der Waals surface area contributed by atoms with Crippen molar-refractivity contribution < 1.29 is 19.4 Å². The SMILES string of the molecule is CCOC(C)(Cn1ccc(C(=O)O)c1)OCC. The molecule has 0 saturated heterocycles. The number of nitrogens with zero attached hydrogens (tertiary/aromatic N) is 1. The van der Waals surface area contributed by atoms with E-state index in [0.29, 0.717) is 19.8 Å². The molecule has 0 amide bonds. The van der Waals surface area contributed by atoms with Crippen molar-refractivity contribution in [2.75, 3.05) is 13.2 Å². The van der Waals surface area contributed by atoms with Crippen molar-refractivity contribution in [3.8, 4) is 0 Å². The number of rotatable bonds is 7. The van der Waals surface area contributed by atoms with Crippen molar-refractivity contribution >= 4 is 5.97 Å². The second kappa shape index (κ2) is 5.84. The van der Waals surface area contributed by atoms with Crippen LogP contribution in [0.3, 0.4) is 0 Å². The average molecular weight is 241 g/mol. The number of aromatic carboxylic acids is 1. The quantitative estimate of drug-likeness (QED) is 0.741. The molecule has 1 N–H and O–H groups in total. The van der Waals surface area contributed by atoms with E-state index in [1.54, 1.807) is 23.0 Å². The summed E-state index contributed by atoms with van der Waals surface area (Å²) in [5.41, 5.74) is 0.264. The zero-order valence-corrected chi connectivity index (χ0v) is 10.5. The molecule has 0 spiro atoms. The lowest BCUT2D eigenvalue weighted by Crippen LogP contribution is -2.37. The summed E-state index contributed by atoms with van der Waals surface area (Å²) in [5.74, 6) is -1.66. The molecule has 0 saturated carbocycles. The van der Waals surface area contributed by atoms with Crippen LogP contribution in [-0.2, 0) is 16.0 Å². The van der Waals surface area contributed by atoms with Crippen LogP contribution in [0.2, 0.25) is 0 Å². The van der Waals surface area contributed by atoms with E-state index in [1.165, 1.54) is 0 Å². The average Bonchev–Trinajstić information content (AvgIpc) is 2.66. The van der Waals surface area contributed by atoms with Gasteiger partial charge in [-0.25, -0.2) is 4.79 Å². The predicted octanol–water partition coefficient (Wildman–Crippen LogP) is 1.98. The molecule has 0 aliphatic heterocycles. The Morgan fingerprint density at radius 3 is 2.41 bits per heavy atom. The van der Waals surface area contributed by atoms with E-state index in [9.17, 15) is 4.79 Å². The van der Waals surface area contributed by atoms with E-state index in [1.807, 2.05) is 20.8 Å². The van der Waals surface area contributed by atoms with Crippen LogP contribution in [0.25, 0.3) is 0 Å². The van der Waals surface area contributed by atoms with Crippen molar-refractivity contribution in [2.45, 2.75) is 33.1 Å². The first-order valence-corrected chi connectivity index (χ1v) is 5.67. The molecule has 0 aliphatic carbocycles. The highest BCUT2D eigenvalue weighted by Gasteiger charge is 2.25. The van der Waals surface area contributed by atoms with Gasteiger partial charge >= 0.3 is 5.97 Å². The van der Waals surface area contributed by atoms with Gasteiger partial charge in [0.1, 0.15) is 0 Å². The Balaban J connectivity index is 2.74. The van der Waals surface area contributed by atoms with Gasteiger partial charge in [-0.1, -0.05) is 0 Å². The van der Waals surface area contributed by atoms with Crippen LogP contribution in [0.4, 0.5) is 0 Å². The number of ether oxygens (including phenoxy) is 2. The van der Waals surface area contributed by atoms with Gasteiger partial charge in [-0.2, -0.15) is 0 Å². The third-order valence-electron chi connectivity index (χ3n) is 2.37. The zero-order chi connectivity index (χ0) is 12.9. The van der Waals surface area contributed by atoms with E-state index in [0.717, 1.165) is 0 Å². The Morgan fingerprint density at radius 2 is 2.00 bits per heavy atom. The van der Waals surface area contributed by atoms with Gasteiger partial charge < -0.3 is 19.1 Å². The number of carbonyl (C=O) groups is 1. The maximum absolute atomic E-state index is 10.8. The molecule has 1 aromatic heterocycles. The Kier molecular flexibility index (Phi) is 4.72. The fourth-order valence-electron chi connectivity index (χ4n) is 1.74. The topological polar surface area (TPSA) is 60.7 Å². The molecule has 0 radical (unpaired) electrons. The van der Waals surface area contributed by atoms with Gasteiger partial charge in [0.05, 0.1) is 12.1 Å². The molecule has 0 aliphatic rings. The largest absolute Gasteiger partial charge is 0.478 e. The summed E-state index contributed by atoms with van der Waals surface area (Å²) in [6.45, 7) is 7.20. The third kappa shape index (κ3) is 3.87. The van der Waals surface area contributed by atoms with Crippen LogP contribution in [0.5, 0.6) is 0 Å². The van der Waals surface area contributed by atoms with E-state index < -0.39 is 11.8 Å². The Hall–Kier alpha value is -1.33. The van der Waals surface area contributed by atoms with Crippen LogP contribution in [0.1, 0.15) is 31.1 Å². The van der Waals surface area contributed by atoms with E-state index >= 15 is 0 Å². The second-order valence-corrected chi connectivity index (χ2v) is 3.88. The summed E-state index contributed by atoms with van der Waals surface area (Å²) in [7, 11) is 0. The lowest BCUT2D eigenvalue weighted by atomic mass is 10.3. The standard InChI is InChI=1S/C12H19NO4/c1-4-16-12(3,17-5-2)9-13-7-6-10(8-13)11(14)15/h6-8H,4-5,9H2,1-3H3,(H,14,15). The van der Waals surface area contributed by atoms with Crippen LogP contribution in [0, 0.1) is 0 Å². The zero-order valence-electron chi connectivity index (χ0n) is 10.5. The molecule has 1 aromatic rings. The molecule has 0 unspecified atom stereocenters. The van der Waals surface area contributed by atoms with Crippen LogP contribution in [-0.4, -0.2) is 34.6 Å². The molecule has 5 nitrogen and oxygen atoms in total. The summed E-state index contributed by atoms with van der Waals surface area (Å²) >= 11 is 0. The first-order valence-electron chi connectivity index (χ1n) is 5.67.